The van der Waals surface area contributed by atoms with E-state index in [2.05, 4.69) is 26.1 Å². The largest absolute Gasteiger partial charge is 0.486 e. The van der Waals surface area contributed by atoms with Crippen LogP contribution in [0.3, 0.4) is 0 Å². The first-order valence-electron chi connectivity index (χ1n) is 3.63. The number of thiophene rings is 1. The highest BCUT2D eigenvalue weighted by Gasteiger charge is 2.08. The lowest BCUT2D eigenvalue weighted by Gasteiger charge is -1.91. The lowest BCUT2D eigenvalue weighted by atomic mass is 10.3. The molecular formula is C8H7BrN2OS. The number of hydrogen-bond donors (Lipinski definition) is 1. The van der Waals surface area contributed by atoms with Crippen LogP contribution in [0.15, 0.2) is 22.9 Å². The zero-order chi connectivity index (χ0) is 9.26. The Morgan fingerprint density at radius 1 is 1.62 bits per heavy atom. The van der Waals surface area contributed by atoms with Crippen LogP contribution in [-0.2, 0) is 0 Å². The predicted octanol–water partition coefficient (Wildman–Crippen LogP) is 2.91. The third kappa shape index (κ3) is 1.62. The molecule has 0 aromatic carbocycles. The molecule has 0 aliphatic carbocycles. The second kappa shape index (κ2) is 3.51. The van der Waals surface area contributed by atoms with Gasteiger partial charge < -0.3 is 4.74 Å². The fourth-order valence-corrected chi connectivity index (χ4v) is 2.65. The van der Waals surface area contributed by atoms with Gasteiger partial charge in [0, 0.05) is 16.6 Å². The number of rotatable bonds is 2. The zero-order valence-electron chi connectivity index (χ0n) is 6.87. The third-order valence-electron chi connectivity index (χ3n) is 1.62. The molecule has 0 aliphatic rings. The van der Waals surface area contributed by atoms with Crippen LogP contribution in [0.1, 0.15) is 0 Å². The van der Waals surface area contributed by atoms with Crippen LogP contribution in [0.4, 0.5) is 0 Å². The Kier molecular flexibility index (Phi) is 2.37. The molecule has 0 amide bonds. The molecule has 2 aromatic rings. The quantitative estimate of drug-likeness (QED) is 0.900. The molecule has 0 saturated heterocycles. The number of nitrogens with one attached hydrogen (secondary N) is 1. The Morgan fingerprint density at radius 3 is 3.00 bits per heavy atom. The molecule has 13 heavy (non-hydrogen) atoms. The Bertz CT molecular complexity index is 396. The number of H-pyrrole nitrogens is 1. The third-order valence-corrected chi connectivity index (χ3v) is 3.62. The molecule has 2 aromatic heterocycles. The van der Waals surface area contributed by atoms with E-state index in [0.717, 1.165) is 20.0 Å². The number of methoxy groups -OCH3 is 1. The van der Waals surface area contributed by atoms with Crippen molar-refractivity contribution in [3.05, 3.63) is 22.9 Å². The van der Waals surface area contributed by atoms with Gasteiger partial charge in [0.25, 0.3) is 0 Å². The average molecular weight is 259 g/mol. The van der Waals surface area contributed by atoms with Gasteiger partial charge in [-0.2, -0.15) is 5.10 Å². The van der Waals surface area contributed by atoms with Gasteiger partial charge in [-0.3, -0.25) is 5.10 Å². The van der Waals surface area contributed by atoms with Crippen LogP contribution < -0.4 is 4.74 Å². The SMILES string of the molecule is COc1sc(-c2cn[nH]c2)cc1Br. The molecule has 0 bridgehead atoms. The van der Waals surface area contributed by atoms with Crippen LogP contribution in [-0.4, -0.2) is 17.3 Å². The molecule has 0 unspecified atom stereocenters. The van der Waals surface area contributed by atoms with Gasteiger partial charge in [-0.05, 0) is 22.0 Å². The van der Waals surface area contributed by atoms with Gasteiger partial charge in [-0.25, -0.2) is 0 Å². The Labute approximate surface area is 87.9 Å². The zero-order valence-corrected chi connectivity index (χ0v) is 9.28. The van der Waals surface area contributed by atoms with Crippen LogP contribution in [0.25, 0.3) is 10.4 Å². The minimum Gasteiger partial charge on any atom is -0.486 e. The molecule has 1 N–H and O–H groups in total. The summed E-state index contributed by atoms with van der Waals surface area (Å²) in [6.07, 6.45) is 3.65. The molecule has 5 heteroatoms. The molecule has 68 valence electrons. The summed E-state index contributed by atoms with van der Waals surface area (Å²) in [4.78, 5) is 1.14. The Morgan fingerprint density at radius 2 is 2.46 bits per heavy atom. The van der Waals surface area contributed by atoms with E-state index in [1.165, 1.54) is 0 Å². The van der Waals surface area contributed by atoms with E-state index in [9.17, 15) is 0 Å². The molecule has 0 spiro atoms. The van der Waals surface area contributed by atoms with Gasteiger partial charge >= 0.3 is 0 Å². The lowest BCUT2D eigenvalue weighted by molar-refractivity contribution is 0.425. The van der Waals surface area contributed by atoms with Gasteiger partial charge in [0.2, 0.25) is 0 Å². The minimum absolute atomic E-state index is 0.885. The average Bonchev–Trinajstić information content (AvgIpc) is 2.71. The van der Waals surface area contributed by atoms with Crippen molar-refractivity contribution in [2.75, 3.05) is 7.11 Å². The summed E-state index contributed by atoms with van der Waals surface area (Å²) in [7, 11) is 1.66. The summed E-state index contributed by atoms with van der Waals surface area (Å²) >= 11 is 5.01. The van der Waals surface area contributed by atoms with Crippen LogP contribution in [0, 0.1) is 0 Å². The van der Waals surface area contributed by atoms with E-state index in [1.54, 1.807) is 24.6 Å². The van der Waals surface area contributed by atoms with Crippen molar-refractivity contribution in [3.63, 3.8) is 0 Å². The molecule has 0 aliphatic heterocycles. The summed E-state index contributed by atoms with van der Waals surface area (Å²) in [5, 5.41) is 7.55. The van der Waals surface area contributed by atoms with Crippen molar-refractivity contribution in [2.45, 2.75) is 0 Å². The second-order valence-electron chi connectivity index (χ2n) is 2.44. The van der Waals surface area contributed by atoms with E-state index in [4.69, 9.17) is 4.74 Å². The topological polar surface area (TPSA) is 37.9 Å². The predicted molar refractivity (Wildman–Crippen MR) is 56.2 cm³/mol. The molecule has 2 heterocycles. The number of aromatic amines is 1. The van der Waals surface area contributed by atoms with Crippen LogP contribution in [0.5, 0.6) is 5.06 Å². The summed E-state index contributed by atoms with van der Waals surface area (Å²) < 4.78 is 6.15. The number of hydrogen-bond acceptors (Lipinski definition) is 3. The summed E-state index contributed by atoms with van der Waals surface area (Å²) in [6, 6.07) is 2.02. The van der Waals surface area contributed by atoms with Gasteiger partial charge in [0.15, 0.2) is 5.06 Å². The lowest BCUT2D eigenvalue weighted by Crippen LogP contribution is -1.75. The first kappa shape index (κ1) is 8.77. The highest BCUT2D eigenvalue weighted by Crippen LogP contribution is 2.39. The van der Waals surface area contributed by atoms with E-state index < -0.39 is 0 Å². The normalized spacial score (nSPS) is 10.3. The summed E-state index contributed by atoms with van der Waals surface area (Å²) in [5.41, 5.74) is 1.08. The van der Waals surface area contributed by atoms with Crippen molar-refractivity contribution in [1.29, 1.82) is 0 Å². The second-order valence-corrected chi connectivity index (χ2v) is 4.31. The molecule has 2 rings (SSSR count). The van der Waals surface area contributed by atoms with Gasteiger partial charge in [-0.15, -0.1) is 0 Å². The van der Waals surface area contributed by atoms with E-state index in [1.807, 2.05) is 12.3 Å². The van der Waals surface area contributed by atoms with Crippen molar-refractivity contribution >= 4 is 27.3 Å². The minimum atomic E-state index is 0.885. The van der Waals surface area contributed by atoms with Crippen LogP contribution in [0.2, 0.25) is 0 Å². The molecule has 3 nitrogen and oxygen atoms in total. The fourth-order valence-electron chi connectivity index (χ4n) is 1.02. The number of nitrogens with zero attached hydrogens (tertiary/aromatic N) is 1. The van der Waals surface area contributed by atoms with Crippen LogP contribution >= 0.6 is 27.3 Å². The smallest absolute Gasteiger partial charge is 0.188 e. The highest BCUT2D eigenvalue weighted by atomic mass is 79.9. The Balaban J connectivity index is 2.43. The van der Waals surface area contributed by atoms with Gasteiger partial charge in [0.1, 0.15) is 0 Å². The summed E-state index contributed by atoms with van der Waals surface area (Å²) in [6.45, 7) is 0. The molecule has 0 atom stereocenters. The first-order chi connectivity index (χ1) is 6.31. The number of aromatic nitrogens is 2. The van der Waals surface area contributed by atoms with Gasteiger partial charge in [-0.1, -0.05) is 11.3 Å². The van der Waals surface area contributed by atoms with Crippen molar-refractivity contribution in [1.82, 2.24) is 10.2 Å². The number of halogens is 1. The van der Waals surface area contributed by atoms with E-state index >= 15 is 0 Å². The first-order valence-corrected chi connectivity index (χ1v) is 5.24. The summed E-state index contributed by atoms with van der Waals surface area (Å²) in [5.74, 6) is 0. The molecule has 0 fully saturated rings. The van der Waals surface area contributed by atoms with Crippen molar-refractivity contribution in [3.8, 4) is 15.5 Å². The maximum atomic E-state index is 5.16. The van der Waals surface area contributed by atoms with E-state index in [-0.39, 0.29) is 0 Å². The van der Waals surface area contributed by atoms with Gasteiger partial charge in [0.05, 0.1) is 17.8 Å². The molecule has 0 radical (unpaired) electrons. The Hall–Kier alpha value is -0.810. The maximum Gasteiger partial charge on any atom is 0.188 e. The monoisotopic (exact) mass is 258 g/mol. The molecule has 0 saturated carbocycles. The molecular weight excluding hydrogens is 252 g/mol. The van der Waals surface area contributed by atoms with Crippen molar-refractivity contribution in [2.24, 2.45) is 0 Å². The number of ether oxygens (including phenoxy) is 1. The highest BCUT2D eigenvalue weighted by molar-refractivity contribution is 9.10. The maximum absolute atomic E-state index is 5.16. The van der Waals surface area contributed by atoms with Crippen molar-refractivity contribution < 1.29 is 4.74 Å². The fraction of sp³-hybridized carbons (Fsp3) is 0.125. The van der Waals surface area contributed by atoms with E-state index in [0.29, 0.717) is 0 Å². The standard InChI is InChI=1S/C8H7BrN2OS/c1-12-8-6(9)2-7(13-8)5-3-10-11-4-5/h2-4H,1H3,(H,10,11).